The fraction of sp³-hybridized carbons (Fsp3) is 0.357. The number of nitrogens with zero attached hydrogens (tertiary/aromatic N) is 2. The molecule has 0 aliphatic heterocycles. The van der Waals surface area contributed by atoms with Crippen molar-refractivity contribution in [3.05, 3.63) is 46.2 Å². The summed E-state index contributed by atoms with van der Waals surface area (Å²) in [5.41, 5.74) is 2.33. The minimum atomic E-state index is 0.127. The van der Waals surface area contributed by atoms with Gasteiger partial charge in [-0.2, -0.15) is 5.10 Å². The molecule has 1 aromatic heterocycles. The summed E-state index contributed by atoms with van der Waals surface area (Å²) in [6.45, 7) is 2.96. The molecule has 5 heteroatoms. The van der Waals surface area contributed by atoms with Gasteiger partial charge in [0, 0.05) is 18.3 Å². The molecule has 19 heavy (non-hydrogen) atoms. The van der Waals surface area contributed by atoms with E-state index >= 15 is 0 Å². The summed E-state index contributed by atoms with van der Waals surface area (Å²) in [4.78, 5) is 0. The second-order valence-electron chi connectivity index (χ2n) is 4.25. The van der Waals surface area contributed by atoms with E-state index in [1.165, 1.54) is 5.56 Å². The highest BCUT2D eigenvalue weighted by Crippen LogP contribution is 2.30. The molecule has 0 spiro atoms. The maximum atomic E-state index is 5.26. The molecule has 0 aliphatic carbocycles. The number of benzene rings is 1. The first-order valence-corrected chi connectivity index (χ1v) is 7.02. The van der Waals surface area contributed by atoms with Crippen LogP contribution in [0.3, 0.4) is 0 Å². The number of rotatable bonds is 5. The molecule has 1 unspecified atom stereocenters. The summed E-state index contributed by atoms with van der Waals surface area (Å²) in [5.74, 6) is 0.836. The minimum Gasteiger partial charge on any atom is -0.496 e. The van der Waals surface area contributed by atoms with E-state index < -0.39 is 0 Å². The molecular weight excluding hydrogens is 306 g/mol. The van der Waals surface area contributed by atoms with Crippen molar-refractivity contribution in [1.29, 1.82) is 0 Å². The van der Waals surface area contributed by atoms with Gasteiger partial charge in [0.25, 0.3) is 0 Å². The third kappa shape index (κ3) is 2.98. The van der Waals surface area contributed by atoms with Gasteiger partial charge in [-0.15, -0.1) is 0 Å². The highest BCUT2D eigenvalue weighted by atomic mass is 79.9. The number of hydrogen-bond donors (Lipinski definition) is 1. The number of methoxy groups -OCH3 is 1. The second kappa shape index (κ2) is 6.21. The second-order valence-corrected chi connectivity index (χ2v) is 5.10. The topological polar surface area (TPSA) is 39.1 Å². The highest BCUT2D eigenvalue weighted by Gasteiger charge is 2.15. The zero-order valence-corrected chi connectivity index (χ0v) is 12.9. The van der Waals surface area contributed by atoms with E-state index in [0.717, 1.165) is 22.3 Å². The fourth-order valence-corrected chi connectivity index (χ4v) is 2.65. The van der Waals surface area contributed by atoms with E-state index in [-0.39, 0.29) is 6.04 Å². The lowest BCUT2D eigenvalue weighted by molar-refractivity contribution is 0.412. The van der Waals surface area contributed by atoms with Crippen molar-refractivity contribution in [2.45, 2.75) is 19.5 Å². The third-order valence-corrected chi connectivity index (χ3v) is 3.73. The Hall–Kier alpha value is -1.33. The Balaban J connectivity index is 2.33. The molecule has 0 fully saturated rings. The number of hydrogen-bond acceptors (Lipinski definition) is 3. The predicted octanol–water partition coefficient (Wildman–Crippen LogP) is 2.98. The van der Waals surface area contributed by atoms with Gasteiger partial charge in [0.15, 0.2) is 0 Å². The molecule has 0 saturated heterocycles. The lowest BCUT2D eigenvalue weighted by Gasteiger charge is -2.16. The average molecular weight is 324 g/mol. The molecule has 0 bridgehead atoms. The number of aromatic nitrogens is 2. The van der Waals surface area contributed by atoms with Crippen LogP contribution in [0, 0.1) is 0 Å². The molecule has 102 valence electrons. The number of aryl methyl sites for hydroxylation is 1. The van der Waals surface area contributed by atoms with Crippen LogP contribution in [0.4, 0.5) is 0 Å². The lowest BCUT2D eigenvalue weighted by Crippen LogP contribution is -2.17. The SMILES string of the molecule is CCn1cc(C(NC)c2ccc(OC)c(Br)c2)cn1. The predicted molar refractivity (Wildman–Crippen MR) is 79.5 cm³/mol. The quantitative estimate of drug-likeness (QED) is 0.919. The van der Waals surface area contributed by atoms with Crippen molar-refractivity contribution >= 4 is 15.9 Å². The van der Waals surface area contributed by atoms with Gasteiger partial charge < -0.3 is 10.1 Å². The molecule has 1 heterocycles. The van der Waals surface area contributed by atoms with Gasteiger partial charge in [0.05, 0.1) is 23.8 Å². The number of halogens is 1. The zero-order valence-electron chi connectivity index (χ0n) is 11.4. The minimum absolute atomic E-state index is 0.127. The Morgan fingerprint density at radius 2 is 2.21 bits per heavy atom. The van der Waals surface area contributed by atoms with Crippen molar-refractivity contribution in [3.63, 3.8) is 0 Å². The molecule has 1 atom stereocenters. The van der Waals surface area contributed by atoms with E-state index in [2.05, 4.69) is 51.6 Å². The van der Waals surface area contributed by atoms with Crippen molar-refractivity contribution in [1.82, 2.24) is 15.1 Å². The van der Waals surface area contributed by atoms with Crippen LogP contribution in [0.25, 0.3) is 0 Å². The largest absolute Gasteiger partial charge is 0.496 e. The molecule has 2 rings (SSSR count). The molecule has 0 amide bonds. The van der Waals surface area contributed by atoms with Crippen molar-refractivity contribution in [2.24, 2.45) is 0 Å². The standard InChI is InChI=1S/C14H18BrN3O/c1-4-18-9-11(8-17-18)14(16-2)10-5-6-13(19-3)12(15)7-10/h5-9,14,16H,4H2,1-3H3. The third-order valence-electron chi connectivity index (χ3n) is 3.11. The molecule has 0 saturated carbocycles. The van der Waals surface area contributed by atoms with Gasteiger partial charge in [-0.3, -0.25) is 4.68 Å². The molecule has 0 aliphatic rings. The van der Waals surface area contributed by atoms with Crippen LogP contribution in [0.2, 0.25) is 0 Å². The Morgan fingerprint density at radius 1 is 1.42 bits per heavy atom. The van der Waals surface area contributed by atoms with E-state index in [4.69, 9.17) is 4.74 Å². The Kier molecular flexibility index (Phi) is 4.61. The lowest BCUT2D eigenvalue weighted by atomic mass is 10.0. The maximum absolute atomic E-state index is 5.26. The van der Waals surface area contributed by atoms with E-state index in [1.54, 1.807) is 7.11 Å². The van der Waals surface area contributed by atoms with Gasteiger partial charge in [0.2, 0.25) is 0 Å². The van der Waals surface area contributed by atoms with Crippen LogP contribution in [0.15, 0.2) is 35.1 Å². The van der Waals surface area contributed by atoms with Crippen LogP contribution in [-0.2, 0) is 6.54 Å². The van der Waals surface area contributed by atoms with E-state index in [9.17, 15) is 0 Å². The number of ether oxygens (including phenoxy) is 1. The first kappa shape index (κ1) is 14.1. The summed E-state index contributed by atoms with van der Waals surface area (Å²) in [6, 6.07) is 6.23. The summed E-state index contributed by atoms with van der Waals surface area (Å²) in [5, 5.41) is 7.65. The van der Waals surface area contributed by atoms with Gasteiger partial charge in [0.1, 0.15) is 5.75 Å². The summed E-state index contributed by atoms with van der Waals surface area (Å²) in [6.07, 6.45) is 3.97. The fourth-order valence-electron chi connectivity index (χ4n) is 2.09. The van der Waals surface area contributed by atoms with Gasteiger partial charge in [-0.05, 0) is 47.6 Å². The first-order valence-electron chi connectivity index (χ1n) is 6.22. The van der Waals surface area contributed by atoms with Crippen LogP contribution in [0.1, 0.15) is 24.1 Å². The number of nitrogens with one attached hydrogen (secondary N) is 1. The highest BCUT2D eigenvalue weighted by molar-refractivity contribution is 9.10. The molecule has 1 N–H and O–H groups in total. The van der Waals surface area contributed by atoms with Gasteiger partial charge in [-0.1, -0.05) is 6.07 Å². The van der Waals surface area contributed by atoms with Gasteiger partial charge in [-0.25, -0.2) is 0 Å². The van der Waals surface area contributed by atoms with E-state index in [1.807, 2.05) is 24.0 Å². The average Bonchev–Trinajstić information content (AvgIpc) is 2.88. The van der Waals surface area contributed by atoms with Crippen LogP contribution >= 0.6 is 15.9 Å². The van der Waals surface area contributed by atoms with Crippen LogP contribution in [-0.4, -0.2) is 23.9 Å². The van der Waals surface area contributed by atoms with Crippen molar-refractivity contribution < 1.29 is 4.74 Å². The molecular formula is C14H18BrN3O. The summed E-state index contributed by atoms with van der Waals surface area (Å²) >= 11 is 3.52. The zero-order chi connectivity index (χ0) is 13.8. The van der Waals surface area contributed by atoms with Crippen LogP contribution < -0.4 is 10.1 Å². The molecule has 4 nitrogen and oxygen atoms in total. The van der Waals surface area contributed by atoms with Crippen LogP contribution in [0.5, 0.6) is 5.75 Å². The smallest absolute Gasteiger partial charge is 0.133 e. The molecule has 2 aromatic rings. The maximum Gasteiger partial charge on any atom is 0.133 e. The Labute approximate surface area is 121 Å². The van der Waals surface area contributed by atoms with Crippen molar-refractivity contribution in [2.75, 3.05) is 14.2 Å². The first-order chi connectivity index (χ1) is 9.19. The monoisotopic (exact) mass is 323 g/mol. The normalized spacial score (nSPS) is 12.4. The molecule has 1 aromatic carbocycles. The van der Waals surface area contributed by atoms with Crippen molar-refractivity contribution in [3.8, 4) is 5.75 Å². The molecule has 0 radical (unpaired) electrons. The summed E-state index contributed by atoms with van der Waals surface area (Å²) in [7, 11) is 3.62. The van der Waals surface area contributed by atoms with Gasteiger partial charge >= 0.3 is 0 Å². The summed E-state index contributed by atoms with van der Waals surface area (Å²) < 4.78 is 8.14. The Bertz CT molecular complexity index is 553. The van der Waals surface area contributed by atoms with E-state index in [0.29, 0.717) is 0 Å². The Morgan fingerprint density at radius 3 is 2.74 bits per heavy atom.